The van der Waals surface area contributed by atoms with Crippen molar-refractivity contribution < 1.29 is 9.53 Å². The Morgan fingerprint density at radius 3 is 1.62 bits per heavy atom. The van der Waals surface area contributed by atoms with E-state index in [2.05, 4.69) is 29.2 Å². The van der Waals surface area contributed by atoms with Gasteiger partial charge in [-0.3, -0.25) is 4.90 Å². The molecule has 0 heterocycles. The van der Waals surface area contributed by atoms with Crippen molar-refractivity contribution in [3.8, 4) is 0 Å². The SMILES string of the molecule is COC(=O)[C@H](c1ccccc1)N(Cc1ccccc1)Cc1ccccc1. The van der Waals surface area contributed by atoms with Crippen molar-refractivity contribution in [2.75, 3.05) is 7.11 Å². The first-order valence-electron chi connectivity index (χ1n) is 8.72. The molecule has 3 nitrogen and oxygen atoms in total. The van der Waals surface area contributed by atoms with Crippen LogP contribution in [-0.2, 0) is 22.6 Å². The molecule has 0 saturated carbocycles. The summed E-state index contributed by atoms with van der Waals surface area (Å²) in [5.41, 5.74) is 3.26. The molecule has 0 aromatic heterocycles. The van der Waals surface area contributed by atoms with Crippen molar-refractivity contribution in [3.05, 3.63) is 108 Å². The number of esters is 1. The Balaban J connectivity index is 1.96. The minimum absolute atomic E-state index is 0.247. The average Bonchev–Trinajstić information content (AvgIpc) is 2.70. The van der Waals surface area contributed by atoms with E-state index in [1.807, 2.05) is 66.7 Å². The number of hydrogen-bond acceptors (Lipinski definition) is 3. The normalized spacial score (nSPS) is 11.9. The monoisotopic (exact) mass is 345 g/mol. The third kappa shape index (κ3) is 4.58. The number of methoxy groups -OCH3 is 1. The molecule has 0 N–H and O–H groups in total. The van der Waals surface area contributed by atoms with Gasteiger partial charge in [0.15, 0.2) is 0 Å². The molecule has 3 aromatic rings. The number of carbonyl (C=O) groups is 1. The van der Waals surface area contributed by atoms with Crippen LogP contribution in [0.1, 0.15) is 22.7 Å². The number of nitrogens with zero attached hydrogens (tertiary/aromatic N) is 1. The van der Waals surface area contributed by atoms with Crippen LogP contribution in [0, 0.1) is 0 Å². The summed E-state index contributed by atoms with van der Waals surface area (Å²) in [5, 5.41) is 0. The van der Waals surface area contributed by atoms with Crippen LogP contribution >= 0.6 is 0 Å². The van der Waals surface area contributed by atoms with Crippen molar-refractivity contribution in [2.45, 2.75) is 19.1 Å². The van der Waals surface area contributed by atoms with E-state index in [1.165, 1.54) is 7.11 Å². The summed E-state index contributed by atoms with van der Waals surface area (Å²) in [6.07, 6.45) is 0. The largest absolute Gasteiger partial charge is 0.468 e. The molecule has 3 aromatic carbocycles. The maximum atomic E-state index is 12.7. The van der Waals surface area contributed by atoms with Gasteiger partial charge in [-0.2, -0.15) is 0 Å². The summed E-state index contributed by atoms with van der Waals surface area (Å²) in [5.74, 6) is -0.247. The lowest BCUT2D eigenvalue weighted by Crippen LogP contribution is -2.34. The highest BCUT2D eigenvalue weighted by molar-refractivity contribution is 5.77. The van der Waals surface area contributed by atoms with Crippen LogP contribution in [-0.4, -0.2) is 18.0 Å². The van der Waals surface area contributed by atoms with Gasteiger partial charge >= 0.3 is 5.97 Å². The molecule has 0 aliphatic rings. The van der Waals surface area contributed by atoms with Crippen molar-refractivity contribution in [3.63, 3.8) is 0 Å². The lowest BCUT2D eigenvalue weighted by Gasteiger charge is -2.30. The highest BCUT2D eigenvalue weighted by atomic mass is 16.5. The van der Waals surface area contributed by atoms with Crippen LogP contribution in [0.3, 0.4) is 0 Å². The molecule has 0 radical (unpaired) electrons. The second-order valence-electron chi connectivity index (χ2n) is 6.21. The maximum absolute atomic E-state index is 12.7. The Morgan fingerprint density at radius 2 is 1.19 bits per heavy atom. The van der Waals surface area contributed by atoms with Crippen molar-refractivity contribution in [2.24, 2.45) is 0 Å². The Bertz CT molecular complexity index is 762. The molecule has 0 amide bonds. The molecule has 26 heavy (non-hydrogen) atoms. The molecule has 1 atom stereocenters. The molecule has 0 aliphatic heterocycles. The Hall–Kier alpha value is -2.91. The molecule has 0 aliphatic carbocycles. The molecule has 0 saturated heterocycles. The van der Waals surface area contributed by atoms with Gasteiger partial charge in [-0.05, 0) is 16.7 Å². The zero-order valence-corrected chi connectivity index (χ0v) is 14.9. The van der Waals surface area contributed by atoms with Gasteiger partial charge in [0.25, 0.3) is 0 Å². The van der Waals surface area contributed by atoms with Gasteiger partial charge in [-0.15, -0.1) is 0 Å². The second-order valence-corrected chi connectivity index (χ2v) is 6.21. The first kappa shape index (κ1) is 17.9. The van der Waals surface area contributed by atoms with E-state index in [4.69, 9.17) is 4.74 Å². The molecule has 3 rings (SSSR count). The number of ether oxygens (including phenoxy) is 1. The first-order valence-corrected chi connectivity index (χ1v) is 8.72. The predicted octanol–water partition coefficient (Wildman–Crippen LogP) is 4.60. The van der Waals surface area contributed by atoms with E-state index in [0.29, 0.717) is 13.1 Å². The fourth-order valence-corrected chi connectivity index (χ4v) is 3.12. The zero-order chi connectivity index (χ0) is 18.2. The van der Waals surface area contributed by atoms with E-state index < -0.39 is 6.04 Å². The number of benzene rings is 3. The van der Waals surface area contributed by atoms with E-state index in [9.17, 15) is 4.79 Å². The minimum atomic E-state index is -0.457. The summed E-state index contributed by atoms with van der Waals surface area (Å²) < 4.78 is 5.14. The molecular formula is C23H23NO2. The van der Waals surface area contributed by atoms with Crippen molar-refractivity contribution >= 4 is 5.97 Å². The molecule has 132 valence electrons. The molecule has 3 heteroatoms. The van der Waals surface area contributed by atoms with Crippen LogP contribution in [0.4, 0.5) is 0 Å². The third-order valence-corrected chi connectivity index (χ3v) is 4.36. The van der Waals surface area contributed by atoms with Crippen LogP contribution in [0.5, 0.6) is 0 Å². The van der Waals surface area contributed by atoms with Gasteiger partial charge in [0, 0.05) is 13.1 Å². The van der Waals surface area contributed by atoms with Gasteiger partial charge < -0.3 is 4.74 Å². The zero-order valence-electron chi connectivity index (χ0n) is 14.9. The number of hydrogen-bond donors (Lipinski definition) is 0. The molecule has 0 fully saturated rings. The fourth-order valence-electron chi connectivity index (χ4n) is 3.12. The summed E-state index contributed by atoms with van der Waals surface area (Å²) in [7, 11) is 1.45. The summed E-state index contributed by atoms with van der Waals surface area (Å²) >= 11 is 0. The molecule has 0 spiro atoms. The van der Waals surface area contributed by atoms with Crippen LogP contribution in [0.15, 0.2) is 91.0 Å². The van der Waals surface area contributed by atoms with Crippen LogP contribution in [0.25, 0.3) is 0 Å². The topological polar surface area (TPSA) is 29.5 Å². The first-order chi connectivity index (χ1) is 12.8. The number of carbonyl (C=O) groups excluding carboxylic acids is 1. The molecular weight excluding hydrogens is 322 g/mol. The quantitative estimate of drug-likeness (QED) is 0.586. The highest BCUT2D eigenvalue weighted by Gasteiger charge is 2.28. The van der Waals surface area contributed by atoms with Gasteiger partial charge in [0.1, 0.15) is 6.04 Å². The van der Waals surface area contributed by atoms with Gasteiger partial charge in [0.05, 0.1) is 7.11 Å². The van der Waals surface area contributed by atoms with Gasteiger partial charge in [-0.1, -0.05) is 91.0 Å². The Morgan fingerprint density at radius 1 is 0.769 bits per heavy atom. The third-order valence-electron chi connectivity index (χ3n) is 4.36. The van der Waals surface area contributed by atoms with Gasteiger partial charge in [0.2, 0.25) is 0 Å². The maximum Gasteiger partial charge on any atom is 0.327 e. The lowest BCUT2D eigenvalue weighted by atomic mass is 10.0. The van der Waals surface area contributed by atoms with Crippen molar-refractivity contribution in [1.29, 1.82) is 0 Å². The minimum Gasteiger partial charge on any atom is -0.468 e. The summed E-state index contributed by atoms with van der Waals surface area (Å²) in [4.78, 5) is 14.8. The predicted molar refractivity (Wildman–Crippen MR) is 103 cm³/mol. The van der Waals surface area contributed by atoms with Gasteiger partial charge in [-0.25, -0.2) is 4.79 Å². The average molecular weight is 345 g/mol. The summed E-state index contributed by atoms with van der Waals surface area (Å²) in [6.45, 7) is 1.31. The van der Waals surface area contributed by atoms with E-state index in [-0.39, 0.29) is 5.97 Å². The second kappa shape index (κ2) is 8.97. The standard InChI is InChI=1S/C23H23NO2/c1-26-23(25)22(21-15-9-4-10-16-21)24(17-19-11-5-2-6-12-19)18-20-13-7-3-8-14-20/h2-16,22H,17-18H2,1H3/t22-/m0/s1. The van der Waals surface area contributed by atoms with Crippen LogP contribution < -0.4 is 0 Å². The number of rotatable bonds is 7. The highest BCUT2D eigenvalue weighted by Crippen LogP contribution is 2.26. The molecule has 0 bridgehead atoms. The van der Waals surface area contributed by atoms with Crippen molar-refractivity contribution in [1.82, 2.24) is 4.90 Å². The Kier molecular flexibility index (Phi) is 6.18. The van der Waals surface area contributed by atoms with E-state index in [1.54, 1.807) is 0 Å². The Labute approximate surface area is 154 Å². The van der Waals surface area contributed by atoms with E-state index in [0.717, 1.165) is 16.7 Å². The molecule has 0 unspecified atom stereocenters. The lowest BCUT2D eigenvalue weighted by molar-refractivity contribution is -0.148. The van der Waals surface area contributed by atoms with E-state index >= 15 is 0 Å². The smallest absolute Gasteiger partial charge is 0.327 e. The summed E-state index contributed by atoms with van der Waals surface area (Å²) in [6, 6.07) is 29.8. The van der Waals surface area contributed by atoms with Crippen LogP contribution in [0.2, 0.25) is 0 Å². The fraction of sp³-hybridized carbons (Fsp3) is 0.174.